The summed E-state index contributed by atoms with van der Waals surface area (Å²) in [6.45, 7) is 1.43. The lowest BCUT2D eigenvalue weighted by atomic mass is 10.1. The lowest BCUT2D eigenvalue weighted by molar-refractivity contribution is 0.352. The highest BCUT2D eigenvalue weighted by molar-refractivity contribution is 9.10. The summed E-state index contributed by atoms with van der Waals surface area (Å²) < 4.78 is 8.83. The molecular formula is C16H14BrN3O. The minimum absolute atomic E-state index is 0.675. The van der Waals surface area contributed by atoms with Crippen molar-refractivity contribution in [3.8, 4) is 5.75 Å². The standard InChI is InChI=1S/C16H14BrN3O/c17-13-5-10-3-4-21-16(10)12(6-13)9-20-15-7-14(18)2-1-11(15)8-19-20/h1-2,5-8H,3-4,9,18H2. The Morgan fingerprint density at radius 3 is 3.10 bits per heavy atom. The fraction of sp³-hybridized carbons (Fsp3) is 0.188. The normalized spacial score (nSPS) is 13.4. The highest BCUT2D eigenvalue weighted by Gasteiger charge is 2.18. The molecule has 0 amide bonds. The van der Waals surface area contributed by atoms with E-state index in [0.29, 0.717) is 6.54 Å². The fourth-order valence-corrected chi connectivity index (χ4v) is 3.39. The molecule has 106 valence electrons. The second-order valence-electron chi connectivity index (χ2n) is 5.27. The number of nitrogens with zero attached hydrogens (tertiary/aromatic N) is 2. The summed E-state index contributed by atoms with van der Waals surface area (Å²) in [5.74, 6) is 1.01. The molecule has 2 aromatic carbocycles. The Morgan fingerprint density at radius 1 is 1.29 bits per heavy atom. The van der Waals surface area contributed by atoms with Crippen LogP contribution in [0, 0.1) is 0 Å². The molecule has 0 aliphatic carbocycles. The van der Waals surface area contributed by atoms with Crippen LogP contribution in [-0.2, 0) is 13.0 Å². The van der Waals surface area contributed by atoms with Gasteiger partial charge in [-0.1, -0.05) is 15.9 Å². The number of hydrogen-bond acceptors (Lipinski definition) is 3. The first kappa shape index (κ1) is 12.7. The summed E-state index contributed by atoms with van der Waals surface area (Å²) in [4.78, 5) is 0. The minimum atomic E-state index is 0.675. The van der Waals surface area contributed by atoms with Crippen LogP contribution in [0.5, 0.6) is 5.75 Å². The first-order valence-corrected chi connectivity index (χ1v) is 7.65. The molecule has 0 unspecified atom stereocenters. The Kier molecular flexibility index (Phi) is 2.89. The van der Waals surface area contributed by atoms with Crippen molar-refractivity contribution in [2.45, 2.75) is 13.0 Å². The van der Waals surface area contributed by atoms with Gasteiger partial charge < -0.3 is 10.5 Å². The summed E-state index contributed by atoms with van der Waals surface area (Å²) in [5.41, 5.74) is 10.1. The van der Waals surface area contributed by atoms with Crippen molar-refractivity contribution in [1.29, 1.82) is 0 Å². The van der Waals surface area contributed by atoms with E-state index in [1.54, 1.807) is 0 Å². The SMILES string of the molecule is Nc1ccc2cnn(Cc3cc(Br)cc4c3OCC4)c2c1. The zero-order valence-electron chi connectivity index (χ0n) is 11.3. The van der Waals surface area contributed by atoms with Crippen LogP contribution >= 0.6 is 15.9 Å². The molecule has 0 spiro atoms. The van der Waals surface area contributed by atoms with Gasteiger partial charge in [0.05, 0.1) is 24.9 Å². The van der Waals surface area contributed by atoms with E-state index < -0.39 is 0 Å². The van der Waals surface area contributed by atoms with Crippen molar-refractivity contribution in [2.24, 2.45) is 0 Å². The number of hydrogen-bond donors (Lipinski definition) is 1. The maximum atomic E-state index is 5.89. The third-order valence-corrected chi connectivity index (χ3v) is 4.27. The molecular weight excluding hydrogens is 330 g/mol. The van der Waals surface area contributed by atoms with Crippen molar-refractivity contribution in [1.82, 2.24) is 9.78 Å². The molecule has 0 radical (unpaired) electrons. The van der Waals surface area contributed by atoms with E-state index in [1.165, 1.54) is 5.56 Å². The van der Waals surface area contributed by atoms with E-state index in [2.05, 4.69) is 33.2 Å². The quantitative estimate of drug-likeness (QED) is 0.726. The van der Waals surface area contributed by atoms with Crippen LogP contribution in [0.3, 0.4) is 0 Å². The van der Waals surface area contributed by atoms with Gasteiger partial charge in [-0.25, -0.2) is 0 Å². The molecule has 0 saturated carbocycles. The third-order valence-electron chi connectivity index (χ3n) is 3.81. The van der Waals surface area contributed by atoms with Gasteiger partial charge in [0.2, 0.25) is 0 Å². The van der Waals surface area contributed by atoms with Gasteiger partial charge in [-0.15, -0.1) is 0 Å². The molecule has 0 fully saturated rings. The molecule has 1 aliphatic rings. The first-order chi connectivity index (χ1) is 10.2. The predicted molar refractivity (Wildman–Crippen MR) is 86.6 cm³/mol. The first-order valence-electron chi connectivity index (χ1n) is 6.86. The number of ether oxygens (including phenoxy) is 1. The number of nitrogen functional groups attached to an aromatic ring is 1. The lowest BCUT2D eigenvalue weighted by Crippen LogP contribution is -2.03. The van der Waals surface area contributed by atoms with Crippen LogP contribution in [0.15, 0.2) is 41.0 Å². The van der Waals surface area contributed by atoms with Gasteiger partial charge in [-0.3, -0.25) is 4.68 Å². The van der Waals surface area contributed by atoms with Crippen molar-refractivity contribution in [3.05, 3.63) is 52.1 Å². The Morgan fingerprint density at radius 2 is 2.19 bits per heavy atom. The van der Waals surface area contributed by atoms with Crippen LogP contribution in [0.1, 0.15) is 11.1 Å². The molecule has 0 bridgehead atoms. The van der Waals surface area contributed by atoms with Gasteiger partial charge in [-0.05, 0) is 35.9 Å². The van der Waals surface area contributed by atoms with Gasteiger partial charge in [0, 0.05) is 27.5 Å². The van der Waals surface area contributed by atoms with Crippen LogP contribution < -0.4 is 10.5 Å². The number of anilines is 1. The van der Waals surface area contributed by atoms with E-state index in [9.17, 15) is 0 Å². The monoisotopic (exact) mass is 343 g/mol. The number of benzene rings is 2. The Bertz CT molecular complexity index is 841. The summed E-state index contributed by atoms with van der Waals surface area (Å²) >= 11 is 3.58. The van der Waals surface area contributed by atoms with Crippen LogP contribution in [0.4, 0.5) is 5.69 Å². The maximum Gasteiger partial charge on any atom is 0.127 e. The zero-order valence-corrected chi connectivity index (χ0v) is 12.9. The number of nitrogens with two attached hydrogens (primary N) is 1. The van der Waals surface area contributed by atoms with Crippen molar-refractivity contribution >= 4 is 32.5 Å². The van der Waals surface area contributed by atoms with Gasteiger partial charge in [0.1, 0.15) is 5.75 Å². The molecule has 5 heteroatoms. The Hall–Kier alpha value is -2.01. The van der Waals surface area contributed by atoms with Gasteiger partial charge in [0.15, 0.2) is 0 Å². The number of halogens is 1. The topological polar surface area (TPSA) is 53.1 Å². The van der Waals surface area contributed by atoms with E-state index >= 15 is 0 Å². The van der Waals surface area contributed by atoms with E-state index in [0.717, 1.165) is 45.4 Å². The highest BCUT2D eigenvalue weighted by Crippen LogP contribution is 2.33. The molecule has 0 atom stereocenters. The smallest absolute Gasteiger partial charge is 0.127 e. The van der Waals surface area contributed by atoms with E-state index in [1.807, 2.05) is 29.1 Å². The van der Waals surface area contributed by atoms with E-state index in [4.69, 9.17) is 10.5 Å². The summed E-state index contributed by atoms with van der Waals surface area (Å²) in [7, 11) is 0. The van der Waals surface area contributed by atoms with Crippen LogP contribution in [-0.4, -0.2) is 16.4 Å². The van der Waals surface area contributed by atoms with Crippen molar-refractivity contribution in [2.75, 3.05) is 12.3 Å². The largest absolute Gasteiger partial charge is 0.493 e. The number of aromatic nitrogens is 2. The van der Waals surface area contributed by atoms with Gasteiger partial charge in [-0.2, -0.15) is 5.10 Å². The van der Waals surface area contributed by atoms with Gasteiger partial charge >= 0.3 is 0 Å². The average Bonchev–Trinajstić information content (AvgIpc) is 3.06. The Labute approximate surface area is 130 Å². The van der Waals surface area contributed by atoms with Crippen molar-refractivity contribution in [3.63, 3.8) is 0 Å². The van der Waals surface area contributed by atoms with E-state index in [-0.39, 0.29) is 0 Å². The van der Waals surface area contributed by atoms with Crippen LogP contribution in [0.25, 0.3) is 10.9 Å². The molecule has 4 nitrogen and oxygen atoms in total. The molecule has 1 aromatic heterocycles. The molecule has 21 heavy (non-hydrogen) atoms. The highest BCUT2D eigenvalue weighted by atomic mass is 79.9. The summed E-state index contributed by atoms with van der Waals surface area (Å²) in [6.07, 6.45) is 2.84. The minimum Gasteiger partial charge on any atom is -0.493 e. The molecule has 1 aliphatic heterocycles. The lowest BCUT2D eigenvalue weighted by Gasteiger charge is -2.10. The molecule has 3 aromatic rings. The third kappa shape index (κ3) is 2.17. The van der Waals surface area contributed by atoms with Gasteiger partial charge in [0.25, 0.3) is 0 Å². The summed E-state index contributed by atoms with van der Waals surface area (Å²) in [5, 5.41) is 5.57. The fourth-order valence-electron chi connectivity index (χ4n) is 2.84. The second kappa shape index (κ2) is 4.77. The molecule has 4 rings (SSSR count). The Balaban J connectivity index is 1.80. The van der Waals surface area contributed by atoms with Crippen LogP contribution in [0.2, 0.25) is 0 Å². The molecule has 0 saturated heterocycles. The number of rotatable bonds is 2. The second-order valence-corrected chi connectivity index (χ2v) is 6.19. The molecule has 2 N–H and O–H groups in total. The maximum absolute atomic E-state index is 5.89. The zero-order chi connectivity index (χ0) is 14.4. The summed E-state index contributed by atoms with van der Waals surface area (Å²) in [6, 6.07) is 10.1. The molecule has 2 heterocycles. The van der Waals surface area contributed by atoms with Crippen molar-refractivity contribution < 1.29 is 4.74 Å². The predicted octanol–water partition coefficient (Wildman–Crippen LogP) is 3.36. The average molecular weight is 344 g/mol. The number of fused-ring (bicyclic) bond motifs is 2.